The lowest BCUT2D eigenvalue weighted by Gasteiger charge is -2.20. The van der Waals surface area contributed by atoms with Crippen molar-refractivity contribution in [1.82, 2.24) is 9.62 Å². The van der Waals surface area contributed by atoms with E-state index in [1.807, 2.05) is 6.92 Å². The van der Waals surface area contributed by atoms with Gasteiger partial charge < -0.3 is 5.32 Å². The Morgan fingerprint density at radius 1 is 1.57 bits per heavy atom. The van der Waals surface area contributed by atoms with E-state index in [1.54, 1.807) is 20.0 Å². The van der Waals surface area contributed by atoms with Crippen LogP contribution in [0, 0.1) is 0 Å². The molecule has 1 unspecified atom stereocenters. The molecule has 0 amide bonds. The van der Waals surface area contributed by atoms with E-state index < -0.39 is 15.3 Å². The number of nitrogens with zero attached hydrogens (tertiary/aromatic N) is 1. The molecule has 0 saturated carbocycles. The fourth-order valence-corrected chi connectivity index (χ4v) is 2.30. The van der Waals surface area contributed by atoms with Gasteiger partial charge in [0.05, 0.1) is 5.25 Å². The SMILES string of the molecule is C=CCN(C)S(=O)(=O)C(C)CNCC. The molecule has 0 fully saturated rings. The smallest absolute Gasteiger partial charge is 0.217 e. The maximum atomic E-state index is 11.8. The van der Waals surface area contributed by atoms with E-state index in [1.165, 1.54) is 4.31 Å². The van der Waals surface area contributed by atoms with Crippen molar-refractivity contribution in [2.24, 2.45) is 0 Å². The van der Waals surface area contributed by atoms with Crippen LogP contribution in [0.4, 0.5) is 0 Å². The molecule has 0 aromatic carbocycles. The summed E-state index contributed by atoms with van der Waals surface area (Å²) in [5.41, 5.74) is 0. The zero-order chi connectivity index (χ0) is 11.2. The van der Waals surface area contributed by atoms with Crippen molar-refractivity contribution in [1.29, 1.82) is 0 Å². The van der Waals surface area contributed by atoms with E-state index in [4.69, 9.17) is 0 Å². The van der Waals surface area contributed by atoms with Crippen LogP contribution in [0.15, 0.2) is 12.7 Å². The average Bonchev–Trinajstić information content (AvgIpc) is 2.14. The van der Waals surface area contributed by atoms with Gasteiger partial charge in [-0.3, -0.25) is 0 Å². The third-order valence-corrected chi connectivity index (χ3v) is 4.21. The van der Waals surface area contributed by atoms with E-state index >= 15 is 0 Å². The summed E-state index contributed by atoms with van der Waals surface area (Å²) >= 11 is 0. The summed E-state index contributed by atoms with van der Waals surface area (Å²) < 4.78 is 24.9. The Labute approximate surface area is 87.0 Å². The molecule has 0 rings (SSSR count). The standard InChI is InChI=1S/C9H20N2O2S/c1-5-7-11(4)14(12,13)9(3)8-10-6-2/h5,9-10H,1,6-8H2,2-4H3. The summed E-state index contributed by atoms with van der Waals surface area (Å²) in [4.78, 5) is 0. The molecule has 84 valence electrons. The van der Waals surface area contributed by atoms with Crippen molar-refractivity contribution >= 4 is 10.0 Å². The topological polar surface area (TPSA) is 49.4 Å². The molecule has 0 aliphatic rings. The Balaban J connectivity index is 4.36. The first-order chi connectivity index (χ1) is 6.46. The molecule has 0 aromatic rings. The lowest BCUT2D eigenvalue weighted by molar-refractivity contribution is 0.483. The summed E-state index contributed by atoms with van der Waals surface area (Å²) in [5, 5.41) is 2.62. The number of hydrogen-bond acceptors (Lipinski definition) is 3. The Kier molecular flexibility index (Phi) is 5.99. The molecule has 0 saturated heterocycles. The monoisotopic (exact) mass is 220 g/mol. The van der Waals surface area contributed by atoms with Gasteiger partial charge in [0, 0.05) is 20.1 Å². The molecule has 1 N–H and O–H groups in total. The fourth-order valence-electron chi connectivity index (χ4n) is 1.05. The molecule has 0 aliphatic carbocycles. The van der Waals surface area contributed by atoms with Crippen molar-refractivity contribution in [2.75, 3.05) is 26.7 Å². The van der Waals surface area contributed by atoms with Crippen molar-refractivity contribution in [3.8, 4) is 0 Å². The van der Waals surface area contributed by atoms with Crippen molar-refractivity contribution in [3.05, 3.63) is 12.7 Å². The summed E-state index contributed by atoms with van der Waals surface area (Å²) in [6.45, 7) is 8.80. The maximum Gasteiger partial charge on any atom is 0.217 e. The van der Waals surface area contributed by atoms with Gasteiger partial charge in [0.25, 0.3) is 0 Å². The Morgan fingerprint density at radius 3 is 2.57 bits per heavy atom. The first-order valence-electron chi connectivity index (χ1n) is 4.73. The van der Waals surface area contributed by atoms with E-state index in [2.05, 4.69) is 11.9 Å². The summed E-state index contributed by atoms with van der Waals surface area (Å²) in [6.07, 6.45) is 1.58. The van der Waals surface area contributed by atoms with Crippen LogP contribution in [-0.2, 0) is 10.0 Å². The Hall–Kier alpha value is -0.390. The molecule has 0 aliphatic heterocycles. The van der Waals surface area contributed by atoms with E-state index in [9.17, 15) is 8.42 Å². The summed E-state index contributed by atoms with van der Waals surface area (Å²) in [5.74, 6) is 0. The minimum absolute atomic E-state index is 0.360. The van der Waals surface area contributed by atoms with Gasteiger partial charge in [0.1, 0.15) is 0 Å². The molecular weight excluding hydrogens is 200 g/mol. The zero-order valence-electron chi connectivity index (χ0n) is 9.16. The van der Waals surface area contributed by atoms with Gasteiger partial charge in [0.2, 0.25) is 10.0 Å². The predicted octanol–water partition coefficient (Wildman–Crippen LogP) is 0.432. The average molecular weight is 220 g/mol. The molecule has 0 bridgehead atoms. The van der Waals surface area contributed by atoms with Gasteiger partial charge >= 0.3 is 0 Å². The third-order valence-electron chi connectivity index (χ3n) is 2.01. The van der Waals surface area contributed by atoms with Crippen LogP contribution in [0.5, 0.6) is 0 Å². The van der Waals surface area contributed by atoms with Crippen LogP contribution in [0.2, 0.25) is 0 Å². The normalized spacial score (nSPS) is 14.3. The minimum atomic E-state index is -3.17. The molecule has 4 nitrogen and oxygen atoms in total. The van der Waals surface area contributed by atoms with E-state index in [-0.39, 0.29) is 0 Å². The first-order valence-corrected chi connectivity index (χ1v) is 6.23. The molecular formula is C9H20N2O2S. The van der Waals surface area contributed by atoms with Crippen molar-refractivity contribution in [2.45, 2.75) is 19.1 Å². The Bertz CT molecular complexity index is 262. The highest BCUT2D eigenvalue weighted by molar-refractivity contribution is 7.89. The predicted molar refractivity (Wildman–Crippen MR) is 59.8 cm³/mol. The fraction of sp³-hybridized carbons (Fsp3) is 0.778. The molecule has 0 aromatic heterocycles. The van der Waals surface area contributed by atoms with Gasteiger partial charge in [-0.2, -0.15) is 0 Å². The van der Waals surface area contributed by atoms with E-state index in [0.29, 0.717) is 13.1 Å². The second-order valence-electron chi connectivity index (χ2n) is 3.23. The number of nitrogens with one attached hydrogen (secondary N) is 1. The van der Waals surface area contributed by atoms with Crippen LogP contribution in [0.25, 0.3) is 0 Å². The van der Waals surface area contributed by atoms with Gasteiger partial charge in [-0.15, -0.1) is 6.58 Å². The van der Waals surface area contributed by atoms with Crippen LogP contribution in [-0.4, -0.2) is 44.7 Å². The highest BCUT2D eigenvalue weighted by Crippen LogP contribution is 2.05. The van der Waals surface area contributed by atoms with Crippen molar-refractivity contribution in [3.63, 3.8) is 0 Å². The quantitative estimate of drug-likeness (QED) is 0.633. The van der Waals surface area contributed by atoms with Crippen LogP contribution in [0.3, 0.4) is 0 Å². The zero-order valence-corrected chi connectivity index (χ0v) is 9.97. The second kappa shape index (κ2) is 6.16. The molecule has 0 heterocycles. The molecule has 14 heavy (non-hydrogen) atoms. The van der Waals surface area contributed by atoms with Gasteiger partial charge in [0.15, 0.2) is 0 Å². The minimum Gasteiger partial charge on any atom is -0.316 e. The number of likely N-dealkylation sites (N-methyl/N-ethyl adjacent to an activating group) is 1. The van der Waals surface area contributed by atoms with Crippen LogP contribution >= 0.6 is 0 Å². The van der Waals surface area contributed by atoms with Crippen molar-refractivity contribution < 1.29 is 8.42 Å². The van der Waals surface area contributed by atoms with Gasteiger partial charge in [-0.1, -0.05) is 13.0 Å². The largest absolute Gasteiger partial charge is 0.316 e. The lowest BCUT2D eigenvalue weighted by Crippen LogP contribution is -2.40. The number of hydrogen-bond donors (Lipinski definition) is 1. The summed E-state index contributed by atoms with van der Waals surface area (Å²) in [7, 11) is -1.60. The first kappa shape index (κ1) is 13.6. The molecule has 0 spiro atoms. The van der Waals surface area contributed by atoms with Crippen LogP contribution < -0.4 is 5.32 Å². The van der Waals surface area contributed by atoms with Gasteiger partial charge in [-0.25, -0.2) is 12.7 Å². The maximum absolute atomic E-state index is 11.8. The number of sulfonamides is 1. The van der Waals surface area contributed by atoms with E-state index in [0.717, 1.165) is 6.54 Å². The Morgan fingerprint density at radius 2 is 2.14 bits per heavy atom. The van der Waals surface area contributed by atoms with Crippen LogP contribution in [0.1, 0.15) is 13.8 Å². The molecule has 5 heteroatoms. The number of rotatable bonds is 7. The molecule has 1 atom stereocenters. The highest BCUT2D eigenvalue weighted by atomic mass is 32.2. The molecule has 0 radical (unpaired) electrons. The lowest BCUT2D eigenvalue weighted by atomic mass is 10.5. The summed E-state index contributed by atoms with van der Waals surface area (Å²) in [6, 6.07) is 0. The second-order valence-corrected chi connectivity index (χ2v) is 5.69. The van der Waals surface area contributed by atoms with Gasteiger partial charge in [-0.05, 0) is 13.5 Å². The third kappa shape index (κ3) is 3.77. The highest BCUT2D eigenvalue weighted by Gasteiger charge is 2.24.